The molecular weight excluding hydrogens is 444 g/mol. The number of sulfonamides is 1. The Morgan fingerprint density at radius 3 is 2.27 bits per heavy atom. The summed E-state index contributed by atoms with van der Waals surface area (Å²) < 4.78 is 33.3. The SMILES string of the molecule is O=C(c1cccc(Oc2ccccc2)c1)N1CCN(S(=O)(=O)c2ccc(Cl)s2)CC1. The molecule has 0 N–H and O–H groups in total. The van der Waals surface area contributed by atoms with Gasteiger partial charge in [-0.1, -0.05) is 35.9 Å². The number of halogens is 1. The van der Waals surface area contributed by atoms with Gasteiger partial charge in [0.25, 0.3) is 15.9 Å². The summed E-state index contributed by atoms with van der Waals surface area (Å²) >= 11 is 6.91. The van der Waals surface area contributed by atoms with Crippen molar-refractivity contribution < 1.29 is 17.9 Å². The van der Waals surface area contributed by atoms with Crippen molar-refractivity contribution >= 4 is 38.9 Å². The molecule has 1 saturated heterocycles. The van der Waals surface area contributed by atoms with Crippen LogP contribution in [0.3, 0.4) is 0 Å². The number of hydrogen-bond acceptors (Lipinski definition) is 5. The van der Waals surface area contributed by atoms with E-state index < -0.39 is 10.0 Å². The van der Waals surface area contributed by atoms with Gasteiger partial charge < -0.3 is 9.64 Å². The largest absolute Gasteiger partial charge is 0.457 e. The standard InChI is InChI=1S/C21H19ClN2O4S2/c22-19-9-10-20(29-19)30(26,27)24-13-11-23(12-14-24)21(25)16-5-4-8-18(15-16)28-17-6-2-1-3-7-17/h1-10,15H,11-14H2. The predicted molar refractivity (Wildman–Crippen MR) is 117 cm³/mol. The van der Waals surface area contributed by atoms with Crippen LogP contribution >= 0.6 is 22.9 Å². The zero-order valence-electron chi connectivity index (χ0n) is 15.9. The van der Waals surface area contributed by atoms with E-state index in [0.29, 0.717) is 34.5 Å². The third-order valence-electron chi connectivity index (χ3n) is 4.73. The molecule has 0 atom stereocenters. The topological polar surface area (TPSA) is 66.9 Å². The summed E-state index contributed by atoms with van der Waals surface area (Å²) in [5.41, 5.74) is 0.504. The van der Waals surface area contributed by atoms with Crippen molar-refractivity contribution in [3.63, 3.8) is 0 Å². The molecule has 1 aliphatic rings. The molecule has 0 saturated carbocycles. The summed E-state index contributed by atoms with van der Waals surface area (Å²) in [5, 5.41) is 0. The van der Waals surface area contributed by atoms with Gasteiger partial charge in [-0.3, -0.25) is 4.79 Å². The highest BCUT2D eigenvalue weighted by Gasteiger charge is 2.31. The van der Waals surface area contributed by atoms with Crippen LogP contribution in [0, 0.1) is 0 Å². The van der Waals surface area contributed by atoms with Crippen LogP contribution in [-0.2, 0) is 10.0 Å². The minimum atomic E-state index is -3.59. The molecule has 2 heterocycles. The van der Waals surface area contributed by atoms with Gasteiger partial charge in [-0.15, -0.1) is 11.3 Å². The lowest BCUT2D eigenvalue weighted by molar-refractivity contribution is 0.0697. The second-order valence-electron chi connectivity index (χ2n) is 6.70. The molecule has 0 bridgehead atoms. The van der Waals surface area contributed by atoms with Gasteiger partial charge in [0.1, 0.15) is 15.7 Å². The van der Waals surface area contributed by atoms with Crippen molar-refractivity contribution in [2.45, 2.75) is 4.21 Å². The van der Waals surface area contributed by atoms with Crippen LogP contribution in [0.15, 0.2) is 70.9 Å². The Balaban J connectivity index is 1.41. The number of amides is 1. The predicted octanol–water partition coefficient (Wildman–Crippen LogP) is 4.34. The van der Waals surface area contributed by atoms with E-state index in [9.17, 15) is 13.2 Å². The molecule has 0 spiro atoms. The van der Waals surface area contributed by atoms with E-state index in [-0.39, 0.29) is 23.2 Å². The monoisotopic (exact) mass is 462 g/mol. The van der Waals surface area contributed by atoms with Crippen LogP contribution in [0.25, 0.3) is 0 Å². The molecule has 2 aromatic carbocycles. The summed E-state index contributed by atoms with van der Waals surface area (Å²) in [7, 11) is -3.59. The molecule has 1 amide bonds. The van der Waals surface area contributed by atoms with Crippen molar-refractivity contribution in [2.24, 2.45) is 0 Å². The highest BCUT2D eigenvalue weighted by molar-refractivity contribution is 7.91. The second-order valence-corrected chi connectivity index (χ2v) is 10.6. The minimum Gasteiger partial charge on any atom is -0.457 e. The zero-order valence-corrected chi connectivity index (χ0v) is 18.3. The van der Waals surface area contributed by atoms with Gasteiger partial charge in [0.2, 0.25) is 0 Å². The first-order valence-electron chi connectivity index (χ1n) is 9.31. The Kier molecular flexibility index (Phi) is 6.10. The Morgan fingerprint density at radius 1 is 0.900 bits per heavy atom. The van der Waals surface area contributed by atoms with Crippen LogP contribution in [0.2, 0.25) is 4.34 Å². The number of nitrogens with zero attached hydrogens (tertiary/aromatic N) is 2. The molecule has 3 aromatic rings. The van der Waals surface area contributed by atoms with Gasteiger partial charge in [0, 0.05) is 31.7 Å². The normalized spacial score (nSPS) is 15.2. The van der Waals surface area contributed by atoms with E-state index >= 15 is 0 Å². The van der Waals surface area contributed by atoms with Crippen LogP contribution in [0.1, 0.15) is 10.4 Å². The number of rotatable bonds is 5. The maximum absolute atomic E-state index is 12.9. The molecule has 0 radical (unpaired) electrons. The molecule has 1 aliphatic heterocycles. The number of para-hydroxylation sites is 1. The fourth-order valence-electron chi connectivity index (χ4n) is 3.19. The Hall–Kier alpha value is -2.39. The number of thiophene rings is 1. The van der Waals surface area contributed by atoms with E-state index in [1.165, 1.54) is 10.4 Å². The molecule has 4 rings (SSSR count). The molecular formula is C21H19ClN2O4S2. The maximum Gasteiger partial charge on any atom is 0.254 e. The molecule has 0 unspecified atom stereocenters. The molecule has 156 valence electrons. The average Bonchev–Trinajstić information content (AvgIpc) is 3.21. The Morgan fingerprint density at radius 2 is 1.60 bits per heavy atom. The number of hydrogen-bond donors (Lipinski definition) is 0. The van der Waals surface area contributed by atoms with E-state index in [1.807, 2.05) is 30.3 Å². The van der Waals surface area contributed by atoms with Crippen LogP contribution in [0.5, 0.6) is 11.5 Å². The number of carbonyl (C=O) groups excluding carboxylic acids is 1. The van der Waals surface area contributed by atoms with Crippen molar-refractivity contribution in [3.8, 4) is 11.5 Å². The molecule has 9 heteroatoms. The Bertz CT molecular complexity index is 1140. The van der Waals surface area contributed by atoms with Gasteiger partial charge >= 0.3 is 0 Å². The van der Waals surface area contributed by atoms with Crippen LogP contribution in [0.4, 0.5) is 0 Å². The summed E-state index contributed by atoms with van der Waals surface area (Å²) in [5.74, 6) is 1.11. The van der Waals surface area contributed by atoms with E-state index in [1.54, 1.807) is 35.2 Å². The van der Waals surface area contributed by atoms with E-state index in [4.69, 9.17) is 16.3 Å². The number of benzene rings is 2. The highest BCUT2D eigenvalue weighted by atomic mass is 35.5. The summed E-state index contributed by atoms with van der Waals surface area (Å²) in [6.45, 7) is 1.12. The lowest BCUT2D eigenvalue weighted by Gasteiger charge is -2.33. The number of carbonyl (C=O) groups is 1. The summed E-state index contributed by atoms with van der Waals surface area (Å²) in [6, 6.07) is 19.4. The summed E-state index contributed by atoms with van der Waals surface area (Å²) in [6.07, 6.45) is 0. The molecule has 1 fully saturated rings. The van der Waals surface area contributed by atoms with Crippen molar-refractivity contribution in [3.05, 3.63) is 76.6 Å². The van der Waals surface area contributed by atoms with Crippen molar-refractivity contribution in [1.29, 1.82) is 0 Å². The first-order chi connectivity index (χ1) is 14.4. The quantitative estimate of drug-likeness (QED) is 0.565. The first kappa shape index (κ1) is 20.9. The third-order valence-corrected chi connectivity index (χ3v) is 8.33. The molecule has 1 aromatic heterocycles. The van der Waals surface area contributed by atoms with Crippen LogP contribution < -0.4 is 4.74 Å². The third kappa shape index (κ3) is 4.52. The van der Waals surface area contributed by atoms with Gasteiger partial charge in [0.05, 0.1) is 4.34 Å². The Labute approximate surface area is 184 Å². The van der Waals surface area contributed by atoms with Crippen molar-refractivity contribution in [1.82, 2.24) is 9.21 Å². The number of ether oxygens (including phenoxy) is 1. The van der Waals surface area contributed by atoms with Gasteiger partial charge in [-0.25, -0.2) is 8.42 Å². The van der Waals surface area contributed by atoms with Crippen LogP contribution in [-0.4, -0.2) is 49.7 Å². The van der Waals surface area contributed by atoms with E-state index in [2.05, 4.69) is 0 Å². The molecule has 30 heavy (non-hydrogen) atoms. The number of piperazine rings is 1. The van der Waals surface area contributed by atoms with Gasteiger partial charge in [-0.2, -0.15) is 4.31 Å². The highest BCUT2D eigenvalue weighted by Crippen LogP contribution is 2.29. The van der Waals surface area contributed by atoms with Gasteiger partial charge in [0.15, 0.2) is 0 Å². The fraction of sp³-hybridized carbons (Fsp3) is 0.190. The van der Waals surface area contributed by atoms with E-state index in [0.717, 1.165) is 11.3 Å². The molecule has 0 aliphatic carbocycles. The second kappa shape index (κ2) is 8.77. The minimum absolute atomic E-state index is 0.148. The average molecular weight is 463 g/mol. The molecule has 6 nitrogen and oxygen atoms in total. The van der Waals surface area contributed by atoms with Gasteiger partial charge in [-0.05, 0) is 42.5 Å². The van der Waals surface area contributed by atoms with Crippen molar-refractivity contribution in [2.75, 3.05) is 26.2 Å². The fourth-order valence-corrected chi connectivity index (χ4v) is 6.25. The summed E-state index contributed by atoms with van der Waals surface area (Å²) in [4.78, 5) is 14.6. The first-order valence-corrected chi connectivity index (χ1v) is 11.9. The zero-order chi connectivity index (χ0) is 21.1. The lowest BCUT2D eigenvalue weighted by Crippen LogP contribution is -2.50. The maximum atomic E-state index is 12.9. The smallest absolute Gasteiger partial charge is 0.254 e. The lowest BCUT2D eigenvalue weighted by atomic mass is 10.1.